The van der Waals surface area contributed by atoms with Gasteiger partial charge in [0.1, 0.15) is 9.79 Å². The standard InChI is InChI=1S/C14H2I8O9S2/c15-3-1(11(32(25,26)27)9(21)7(19)5(3)17)13(23)31-14(24)2-4(16)6(18)8(20)10(22)12(2)33(28,29)30/h(H,25,26,27)(H,28,29,30). The van der Waals surface area contributed by atoms with Gasteiger partial charge in [-0.1, -0.05) is 0 Å². The Labute approximate surface area is 296 Å². The molecule has 0 spiro atoms. The fourth-order valence-electron chi connectivity index (χ4n) is 2.26. The highest BCUT2D eigenvalue weighted by Crippen LogP contribution is 2.38. The van der Waals surface area contributed by atoms with E-state index in [4.69, 9.17) is 4.74 Å². The summed E-state index contributed by atoms with van der Waals surface area (Å²) >= 11 is 14.1. The van der Waals surface area contributed by atoms with Crippen LogP contribution in [0.1, 0.15) is 20.7 Å². The minimum absolute atomic E-state index is 0.0477. The quantitative estimate of drug-likeness (QED) is 0.0937. The largest absolute Gasteiger partial charge is 0.386 e. The monoisotopic (exact) mass is 1390 g/mol. The van der Waals surface area contributed by atoms with Crippen LogP contribution in [-0.4, -0.2) is 37.9 Å². The van der Waals surface area contributed by atoms with Crippen molar-refractivity contribution in [3.8, 4) is 0 Å². The molecule has 0 amide bonds. The Kier molecular flexibility index (Phi) is 12.0. The highest BCUT2D eigenvalue weighted by molar-refractivity contribution is 14.1. The van der Waals surface area contributed by atoms with Crippen LogP contribution in [-0.2, 0) is 25.0 Å². The topological polar surface area (TPSA) is 152 Å². The molecule has 0 aliphatic carbocycles. The Morgan fingerprint density at radius 1 is 0.515 bits per heavy atom. The van der Waals surface area contributed by atoms with E-state index in [0.717, 1.165) is 0 Å². The van der Waals surface area contributed by atoms with Gasteiger partial charge in [-0.3, -0.25) is 9.11 Å². The number of hydrogen-bond donors (Lipinski definition) is 2. The Hall–Kier alpha value is 3.24. The van der Waals surface area contributed by atoms with Crippen LogP contribution in [0.5, 0.6) is 0 Å². The van der Waals surface area contributed by atoms with Crippen LogP contribution in [0.2, 0.25) is 0 Å². The van der Waals surface area contributed by atoms with Crippen molar-refractivity contribution in [3.63, 3.8) is 0 Å². The lowest BCUT2D eigenvalue weighted by molar-refractivity contribution is 0.0389. The summed E-state index contributed by atoms with van der Waals surface area (Å²) in [5.41, 5.74) is -1.14. The van der Waals surface area contributed by atoms with E-state index in [2.05, 4.69) is 0 Å². The first-order chi connectivity index (χ1) is 14.8. The van der Waals surface area contributed by atoms with E-state index in [0.29, 0.717) is 14.3 Å². The molecule has 0 fully saturated rings. The lowest BCUT2D eigenvalue weighted by atomic mass is 10.2. The zero-order chi connectivity index (χ0) is 25.8. The number of carbonyl (C=O) groups is 2. The molecule has 180 valence electrons. The van der Waals surface area contributed by atoms with Crippen molar-refractivity contribution < 1.29 is 40.3 Å². The van der Waals surface area contributed by atoms with Crippen LogP contribution in [0.3, 0.4) is 0 Å². The fourth-order valence-corrected chi connectivity index (χ4v) is 13.0. The highest BCUT2D eigenvalue weighted by Gasteiger charge is 2.36. The molecule has 0 aliphatic rings. The maximum Gasteiger partial charge on any atom is 0.348 e. The third kappa shape index (κ3) is 6.88. The zero-order valence-corrected chi connectivity index (χ0v) is 33.5. The van der Waals surface area contributed by atoms with Crippen molar-refractivity contribution in [2.75, 3.05) is 0 Å². The zero-order valence-electron chi connectivity index (χ0n) is 14.6. The van der Waals surface area contributed by atoms with Gasteiger partial charge in [0.25, 0.3) is 20.2 Å². The molecule has 0 atom stereocenters. The molecular formula is C14H2I8O9S2. The minimum atomic E-state index is -4.90. The minimum Gasteiger partial charge on any atom is -0.386 e. The predicted molar refractivity (Wildman–Crippen MR) is 184 cm³/mol. The van der Waals surface area contributed by atoms with Gasteiger partial charge in [0.05, 0.1) is 11.1 Å². The number of ether oxygens (including phenoxy) is 1. The molecule has 19 heteroatoms. The molecule has 0 radical (unpaired) electrons. The summed E-state index contributed by atoms with van der Waals surface area (Å²) in [6, 6.07) is 0. The van der Waals surface area contributed by atoms with E-state index in [1.54, 1.807) is 90.4 Å². The number of halogens is 8. The van der Waals surface area contributed by atoms with Gasteiger partial charge in [-0.2, -0.15) is 16.8 Å². The molecule has 2 rings (SSSR count). The number of benzene rings is 2. The molecule has 0 aliphatic heterocycles. The van der Waals surface area contributed by atoms with Crippen molar-refractivity contribution in [2.45, 2.75) is 9.79 Å². The van der Waals surface area contributed by atoms with Gasteiger partial charge in [-0.15, -0.1) is 0 Å². The molecule has 2 N–H and O–H groups in total. The summed E-state index contributed by atoms with van der Waals surface area (Å²) in [4.78, 5) is 24.5. The Bertz CT molecular complexity index is 1340. The van der Waals surface area contributed by atoms with Crippen LogP contribution in [0, 0.1) is 28.6 Å². The van der Waals surface area contributed by atoms with E-state index < -0.39 is 53.1 Å². The van der Waals surface area contributed by atoms with Crippen LogP contribution < -0.4 is 0 Å². The van der Waals surface area contributed by atoms with Gasteiger partial charge < -0.3 is 4.74 Å². The summed E-state index contributed by atoms with van der Waals surface area (Å²) in [6.45, 7) is 0. The van der Waals surface area contributed by atoms with Crippen LogP contribution >= 0.6 is 181 Å². The normalized spacial score (nSPS) is 12.1. The van der Waals surface area contributed by atoms with Gasteiger partial charge in [0.2, 0.25) is 0 Å². The maximum atomic E-state index is 13.0. The Morgan fingerprint density at radius 2 is 0.758 bits per heavy atom. The van der Waals surface area contributed by atoms with E-state index in [9.17, 15) is 35.5 Å². The van der Waals surface area contributed by atoms with Crippen molar-refractivity contribution in [1.29, 1.82) is 0 Å². The second kappa shape index (κ2) is 12.2. The maximum absolute atomic E-state index is 13.0. The third-order valence-electron chi connectivity index (χ3n) is 3.56. The summed E-state index contributed by atoms with van der Waals surface area (Å²) in [7, 11) is -9.81. The first-order valence-electron chi connectivity index (χ1n) is 7.27. The number of rotatable bonds is 4. The molecule has 0 heterocycles. The van der Waals surface area contributed by atoms with Crippen molar-refractivity contribution in [3.05, 3.63) is 39.7 Å². The van der Waals surface area contributed by atoms with E-state index >= 15 is 0 Å². The summed E-state index contributed by atoms with van der Waals surface area (Å²) in [5, 5.41) is 0. The fraction of sp³-hybridized carbons (Fsp3) is 0. The Morgan fingerprint density at radius 3 is 1.00 bits per heavy atom. The van der Waals surface area contributed by atoms with Gasteiger partial charge in [0.15, 0.2) is 0 Å². The molecule has 33 heavy (non-hydrogen) atoms. The van der Waals surface area contributed by atoms with E-state index in [1.165, 1.54) is 0 Å². The average molecular weight is 1390 g/mol. The SMILES string of the molecule is O=C(OC(=O)c1c(I)c(I)c(I)c(I)c1S(=O)(=O)O)c1c(I)c(I)c(I)c(I)c1S(=O)(=O)O. The smallest absolute Gasteiger partial charge is 0.348 e. The summed E-state index contributed by atoms with van der Waals surface area (Å²) in [5.74, 6) is -2.82. The third-order valence-corrected chi connectivity index (χ3v) is 21.0. The predicted octanol–water partition coefficient (Wildman–Crippen LogP) is 6.01. The molecule has 2 aromatic carbocycles. The van der Waals surface area contributed by atoms with Crippen molar-refractivity contribution >= 4 is 213 Å². The van der Waals surface area contributed by atoms with Gasteiger partial charge in [-0.05, 0) is 181 Å². The van der Waals surface area contributed by atoms with Gasteiger partial charge in [-0.25, -0.2) is 9.59 Å². The lowest BCUT2D eigenvalue weighted by Crippen LogP contribution is -2.23. The van der Waals surface area contributed by atoms with Crippen molar-refractivity contribution in [2.24, 2.45) is 0 Å². The molecule has 2 aromatic rings. The first kappa shape index (κ1) is 32.5. The van der Waals surface area contributed by atoms with E-state index in [1.807, 2.05) is 90.4 Å². The molecule has 0 unspecified atom stereocenters. The second-order valence-electron chi connectivity index (χ2n) is 5.55. The van der Waals surface area contributed by atoms with Gasteiger partial charge >= 0.3 is 11.9 Å². The molecule has 0 saturated carbocycles. The average Bonchev–Trinajstić information content (AvgIpc) is 2.67. The molecular weight excluding hydrogens is 1390 g/mol. The van der Waals surface area contributed by atoms with Crippen LogP contribution in [0.25, 0.3) is 0 Å². The number of hydrogen-bond acceptors (Lipinski definition) is 7. The number of esters is 2. The van der Waals surface area contributed by atoms with Crippen LogP contribution in [0.4, 0.5) is 0 Å². The lowest BCUT2D eigenvalue weighted by Gasteiger charge is -2.16. The molecule has 0 aromatic heterocycles. The summed E-state index contributed by atoms with van der Waals surface area (Å²) < 4.78 is 74.8. The molecule has 9 nitrogen and oxygen atoms in total. The summed E-state index contributed by atoms with van der Waals surface area (Å²) in [6.07, 6.45) is 0. The van der Waals surface area contributed by atoms with Crippen molar-refractivity contribution in [1.82, 2.24) is 0 Å². The van der Waals surface area contributed by atoms with E-state index in [-0.39, 0.29) is 14.3 Å². The Balaban J connectivity index is 2.80. The number of carbonyl (C=O) groups excluding carboxylic acids is 2. The highest BCUT2D eigenvalue weighted by atomic mass is 127. The molecule has 0 bridgehead atoms. The first-order valence-corrected chi connectivity index (χ1v) is 18.8. The van der Waals surface area contributed by atoms with Gasteiger partial charge in [0, 0.05) is 28.6 Å². The van der Waals surface area contributed by atoms with Crippen LogP contribution in [0.15, 0.2) is 9.79 Å². The second-order valence-corrected chi connectivity index (χ2v) is 16.9. The molecule has 0 saturated heterocycles.